The smallest absolute Gasteiger partial charge is 0.274 e. The minimum Gasteiger partial charge on any atom is -0.344 e. The summed E-state index contributed by atoms with van der Waals surface area (Å²) < 4.78 is 1.45. The number of aromatic nitrogens is 2. The van der Waals surface area contributed by atoms with Crippen LogP contribution in [0.2, 0.25) is 0 Å². The first-order valence-electron chi connectivity index (χ1n) is 10.4. The Labute approximate surface area is 170 Å². The molecular formula is C24H27N3O2. The number of nitrogens with zero attached hydrogens (tertiary/aromatic N) is 2. The molecule has 4 rings (SSSR count). The first-order chi connectivity index (χ1) is 14.0. The minimum absolute atomic E-state index is 0.0240. The molecule has 2 aromatic carbocycles. The number of hydrogen-bond donors (Lipinski definition) is 1. The van der Waals surface area contributed by atoms with Gasteiger partial charge in [0.2, 0.25) is 0 Å². The van der Waals surface area contributed by atoms with Gasteiger partial charge in [0.1, 0.15) is 0 Å². The molecule has 5 nitrogen and oxygen atoms in total. The van der Waals surface area contributed by atoms with E-state index < -0.39 is 0 Å². The maximum atomic E-state index is 13.2. The zero-order valence-electron chi connectivity index (χ0n) is 17.0. The third-order valence-corrected chi connectivity index (χ3v) is 5.68. The molecule has 3 aromatic rings. The molecule has 1 heterocycles. The van der Waals surface area contributed by atoms with Crippen molar-refractivity contribution in [2.24, 2.45) is 5.92 Å². The fourth-order valence-corrected chi connectivity index (χ4v) is 4.07. The molecule has 0 bridgehead atoms. The van der Waals surface area contributed by atoms with E-state index in [0.29, 0.717) is 28.9 Å². The third kappa shape index (κ3) is 3.95. The summed E-state index contributed by atoms with van der Waals surface area (Å²) in [5.74, 6) is 0.229. The number of aryl methyl sites for hydroxylation is 2. The van der Waals surface area contributed by atoms with Crippen molar-refractivity contribution < 1.29 is 4.79 Å². The van der Waals surface area contributed by atoms with Gasteiger partial charge in [-0.2, -0.15) is 5.10 Å². The van der Waals surface area contributed by atoms with Gasteiger partial charge in [0, 0.05) is 11.9 Å². The summed E-state index contributed by atoms with van der Waals surface area (Å²) in [7, 11) is 0. The summed E-state index contributed by atoms with van der Waals surface area (Å²) >= 11 is 0. The SMILES string of the molecule is CC(C)CCn1nc(C(=O)N[C@@H]2CCCc3ccccc32)c2ccccc2c1=O. The van der Waals surface area contributed by atoms with E-state index in [1.54, 1.807) is 12.1 Å². The normalized spacial score (nSPS) is 16.0. The second-order valence-corrected chi connectivity index (χ2v) is 8.22. The highest BCUT2D eigenvalue weighted by Crippen LogP contribution is 2.29. The van der Waals surface area contributed by atoms with E-state index in [0.717, 1.165) is 25.7 Å². The van der Waals surface area contributed by atoms with Crippen LogP contribution in [0.25, 0.3) is 10.8 Å². The van der Waals surface area contributed by atoms with Crippen LogP contribution in [0.4, 0.5) is 0 Å². The maximum Gasteiger partial charge on any atom is 0.274 e. The number of benzene rings is 2. The molecule has 0 spiro atoms. The van der Waals surface area contributed by atoms with Crippen LogP contribution < -0.4 is 10.9 Å². The molecule has 1 aliphatic carbocycles. The maximum absolute atomic E-state index is 13.2. The Morgan fingerprint density at radius 1 is 1.14 bits per heavy atom. The first-order valence-corrected chi connectivity index (χ1v) is 10.4. The molecule has 5 heteroatoms. The van der Waals surface area contributed by atoms with Crippen LogP contribution in [0.1, 0.15) is 60.8 Å². The molecular weight excluding hydrogens is 362 g/mol. The quantitative estimate of drug-likeness (QED) is 0.709. The van der Waals surface area contributed by atoms with E-state index in [1.807, 2.05) is 24.3 Å². The van der Waals surface area contributed by atoms with Crippen LogP contribution in [0, 0.1) is 5.92 Å². The average molecular weight is 389 g/mol. The van der Waals surface area contributed by atoms with Crippen molar-refractivity contribution in [2.45, 2.75) is 52.1 Å². The Morgan fingerprint density at radius 3 is 2.66 bits per heavy atom. The largest absolute Gasteiger partial charge is 0.344 e. The van der Waals surface area contributed by atoms with Gasteiger partial charge in [-0.1, -0.05) is 56.3 Å². The molecule has 0 aliphatic heterocycles. The van der Waals surface area contributed by atoms with Gasteiger partial charge in [0.05, 0.1) is 11.4 Å². The van der Waals surface area contributed by atoms with Crippen LogP contribution in [-0.4, -0.2) is 15.7 Å². The molecule has 1 N–H and O–H groups in total. The molecule has 0 saturated heterocycles. The Morgan fingerprint density at radius 2 is 1.86 bits per heavy atom. The Balaban J connectivity index is 1.71. The van der Waals surface area contributed by atoms with Gasteiger partial charge >= 0.3 is 0 Å². The van der Waals surface area contributed by atoms with Crippen LogP contribution in [0.3, 0.4) is 0 Å². The standard InChI is InChI=1S/C24H27N3O2/c1-16(2)14-15-27-24(29)20-12-6-5-11-19(20)22(26-27)23(28)25-21-13-7-9-17-8-3-4-10-18(17)21/h3-6,8,10-12,16,21H,7,9,13-15H2,1-2H3,(H,25,28)/t21-/m1/s1. The molecule has 150 valence electrons. The fraction of sp³-hybridized carbons (Fsp3) is 0.375. The van der Waals surface area contributed by atoms with Crippen molar-refractivity contribution in [3.8, 4) is 0 Å². The molecule has 29 heavy (non-hydrogen) atoms. The van der Waals surface area contributed by atoms with Gasteiger partial charge in [0.25, 0.3) is 11.5 Å². The number of carbonyl (C=O) groups is 1. The summed E-state index contributed by atoms with van der Waals surface area (Å²) in [6, 6.07) is 15.5. The summed E-state index contributed by atoms with van der Waals surface area (Å²) in [5, 5.41) is 8.82. The van der Waals surface area contributed by atoms with Crippen molar-refractivity contribution >= 4 is 16.7 Å². The van der Waals surface area contributed by atoms with Gasteiger partial charge < -0.3 is 5.32 Å². The molecule has 0 fully saturated rings. The molecule has 0 radical (unpaired) electrons. The molecule has 0 saturated carbocycles. The van der Waals surface area contributed by atoms with Gasteiger partial charge in [-0.25, -0.2) is 4.68 Å². The average Bonchev–Trinajstić information content (AvgIpc) is 2.73. The number of carbonyl (C=O) groups excluding carboxylic acids is 1. The lowest BCUT2D eigenvalue weighted by molar-refractivity contribution is 0.0927. The van der Waals surface area contributed by atoms with Crippen LogP contribution in [-0.2, 0) is 13.0 Å². The number of nitrogens with one attached hydrogen (secondary N) is 1. The van der Waals surface area contributed by atoms with Crippen molar-refractivity contribution in [3.05, 3.63) is 75.7 Å². The summed E-state index contributed by atoms with van der Waals surface area (Å²) in [4.78, 5) is 26.1. The lowest BCUT2D eigenvalue weighted by Crippen LogP contribution is -2.34. The molecule has 0 unspecified atom stereocenters. The zero-order chi connectivity index (χ0) is 20.4. The van der Waals surface area contributed by atoms with Crippen molar-refractivity contribution in [1.29, 1.82) is 0 Å². The number of rotatable bonds is 5. The van der Waals surface area contributed by atoms with E-state index in [4.69, 9.17) is 0 Å². The predicted octanol–water partition coefficient (Wildman–Crippen LogP) is 4.25. The molecule has 1 atom stereocenters. The van der Waals surface area contributed by atoms with Crippen LogP contribution in [0.5, 0.6) is 0 Å². The molecule has 1 amide bonds. The van der Waals surface area contributed by atoms with E-state index in [2.05, 4.69) is 36.4 Å². The van der Waals surface area contributed by atoms with Gasteiger partial charge in [0.15, 0.2) is 5.69 Å². The Bertz CT molecular complexity index is 1100. The van der Waals surface area contributed by atoms with E-state index in [9.17, 15) is 9.59 Å². The number of amides is 1. The lowest BCUT2D eigenvalue weighted by atomic mass is 9.87. The van der Waals surface area contributed by atoms with E-state index in [1.165, 1.54) is 15.8 Å². The predicted molar refractivity (Wildman–Crippen MR) is 115 cm³/mol. The highest BCUT2D eigenvalue weighted by molar-refractivity contribution is 6.04. The van der Waals surface area contributed by atoms with Gasteiger partial charge in [-0.15, -0.1) is 0 Å². The monoisotopic (exact) mass is 389 g/mol. The third-order valence-electron chi connectivity index (χ3n) is 5.68. The first kappa shape index (κ1) is 19.4. The number of fused-ring (bicyclic) bond motifs is 2. The second kappa shape index (κ2) is 8.19. The van der Waals surface area contributed by atoms with Crippen molar-refractivity contribution in [2.75, 3.05) is 0 Å². The summed E-state index contributed by atoms with van der Waals surface area (Å²) in [5.41, 5.74) is 2.67. The van der Waals surface area contributed by atoms with Crippen LogP contribution >= 0.6 is 0 Å². The van der Waals surface area contributed by atoms with E-state index in [-0.39, 0.29) is 17.5 Å². The highest BCUT2D eigenvalue weighted by Gasteiger charge is 2.24. The summed E-state index contributed by atoms with van der Waals surface area (Å²) in [6.45, 7) is 4.73. The highest BCUT2D eigenvalue weighted by atomic mass is 16.2. The van der Waals surface area contributed by atoms with Crippen molar-refractivity contribution in [3.63, 3.8) is 0 Å². The Kier molecular flexibility index (Phi) is 5.47. The van der Waals surface area contributed by atoms with E-state index >= 15 is 0 Å². The Hall–Kier alpha value is -2.95. The zero-order valence-corrected chi connectivity index (χ0v) is 17.0. The summed E-state index contributed by atoms with van der Waals surface area (Å²) in [6.07, 6.45) is 3.84. The van der Waals surface area contributed by atoms with Crippen molar-refractivity contribution in [1.82, 2.24) is 15.1 Å². The fourth-order valence-electron chi connectivity index (χ4n) is 4.07. The minimum atomic E-state index is -0.221. The molecule has 1 aromatic heterocycles. The van der Waals surface area contributed by atoms with Gasteiger partial charge in [-0.3, -0.25) is 9.59 Å². The lowest BCUT2D eigenvalue weighted by Gasteiger charge is -2.26. The van der Waals surface area contributed by atoms with Gasteiger partial charge in [-0.05, 0) is 48.8 Å². The number of hydrogen-bond acceptors (Lipinski definition) is 3. The van der Waals surface area contributed by atoms with Crippen LogP contribution in [0.15, 0.2) is 53.3 Å². The topological polar surface area (TPSA) is 64.0 Å². The second-order valence-electron chi connectivity index (χ2n) is 8.22. The molecule has 1 aliphatic rings.